The van der Waals surface area contributed by atoms with Gasteiger partial charge >= 0.3 is 0 Å². The standard InChI is InChI=1S/C18H20N4O3S/c1-22-14-7-3-2-5-12(14)9-15(22)17-20-21-18(25-17)26-11-16(23)19-10-13-6-4-8-24-13/h2-3,5,7,9,13H,4,6,8,10-11H2,1H3,(H,19,23)/t13-/m0/s1. The minimum atomic E-state index is -0.0603. The number of aromatic nitrogens is 3. The van der Waals surface area contributed by atoms with Gasteiger partial charge in [-0.2, -0.15) is 0 Å². The van der Waals surface area contributed by atoms with Crippen LogP contribution < -0.4 is 5.32 Å². The molecule has 1 aliphatic heterocycles. The number of hydrogen-bond acceptors (Lipinski definition) is 6. The number of carbonyl (C=O) groups is 1. The fourth-order valence-corrected chi connectivity index (χ4v) is 3.67. The molecule has 1 amide bonds. The van der Waals surface area contributed by atoms with E-state index in [1.807, 2.05) is 41.9 Å². The molecule has 4 rings (SSSR count). The Labute approximate surface area is 155 Å². The average molecular weight is 372 g/mol. The number of fused-ring (bicyclic) bond motifs is 1. The van der Waals surface area contributed by atoms with Crippen LogP contribution >= 0.6 is 11.8 Å². The second-order valence-corrected chi connectivity index (χ2v) is 7.17. The Morgan fingerprint density at radius 2 is 2.27 bits per heavy atom. The Hall–Kier alpha value is -2.32. The van der Waals surface area contributed by atoms with E-state index in [-0.39, 0.29) is 17.8 Å². The van der Waals surface area contributed by atoms with Crippen LogP contribution in [0.15, 0.2) is 40.0 Å². The second kappa shape index (κ2) is 7.51. The second-order valence-electron chi connectivity index (χ2n) is 6.25. The Morgan fingerprint density at radius 3 is 3.08 bits per heavy atom. The highest BCUT2D eigenvalue weighted by molar-refractivity contribution is 7.99. The molecule has 136 valence electrons. The molecule has 0 saturated carbocycles. The van der Waals surface area contributed by atoms with Crippen molar-refractivity contribution in [3.63, 3.8) is 0 Å². The Morgan fingerprint density at radius 1 is 1.38 bits per heavy atom. The van der Waals surface area contributed by atoms with Crippen molar-refractivity contribution in [1.82, 2.24) is 20.1 Å². The minimum Gasteiger partial charge on any atom is -0.410 e. The monoisotopic (exact) mass is 372 g/mol. The topological polar surface area (TPSA) is 82.2 Å². The van der Waals surface area contributed by atoms with Gasteiger partial charge in [-0.3, -0.25) is 4.79 Å². The van der Waals surface area contributed by atoms with E-state index in [9.17, 15) is 4.79 Å². The van der Waals surface area contributed by atoms with Crippen LogP contribution in [0.2, 0.25) is 0 Å². The fourth-order valence-electron chi connectivity index (χ4n) is 3.08. The summed E-state index contributed by atoms with van der Waals surface area (Å²) in [5.41, 5.74) is 1.96. The normalized spacial score (nSPS) is 17.0. The molecule has 2 aromatic heterocycles. The molecule has 1 aliphatic rings. The first-order valence-electron chi connectivity index (χ1n) is 8.60. The molecule has 8 heteroatoms. The highest BCUT2D eigenvalue weighted by atomic mass is 32.2. The molecule has 7 nitrogen and oxygen atoms in total. The Bertz CT molecular complexity index is 914. The molecule has 26 heavy (non-hydrogen) atoms. The van der Waals surface area contributed by atoms with Crippen LogP contribution in [0.1, 0.15) is 12.8 Å². The maximum atomic E-state index is 11.9. The van der Waals surface area contributed by atoms with Crippen molar-refractivity contribution in [2.45, 2.75) is 24.2 Å². The van der Waals surface area contributed by atoms with Crippen molar-refractivity contribution in [2.75, 3.05) is 18.9 Å². The number of nitrogens with zero attached hydrogens (tertiary/aromatic N) is 3. The molecule has 3 aromatic rings. The third kappa shape index (κ3) is 3.61. The number of thioether (sulfide) groups is 1. The Balaban J connectivity index is 1.36. The third-order valence-corrected chi connectivity index (χ3v) is 5.27. The quantitative estimate of drug-likeness (QED) is 0.670. The molecule has 0 unspecified atom stereocenters. The van der Waals surface area contributed by atoms with Gasteiger partial charge in [-0.25, -0.2) is 0 Å². The van der Waals surface area contributed by atoms with Gasteiger partial charge in [-0.05, 0) is 25.0 Å². The lowest BCUT2D eigenvalue weighted by Crippen LogP contribution is -2.32. The molecule has 0 spiro atoms. The van der Waals surface area contributed by atoms with Gasteiger partial charge in [-0.1, -0.05) is 30.0 Å². The summed E-state index contributed by atoms with van der Waals surface area (Å²) in [6.45, 7) is 1.35. The van der Waals surface area contributed by atoms with Crippen LogP contribution in [0.5, 0.6) is 0 Å². The number of rotatable bonds is 6. The van der Waals surface area contributed by atoms with Gasteiger partial charge in [0.25, 0.3) is 11.1 Å². The molecule has 0 radical (unpaired) electrons. The summed E-state index contributed by atoms with van der Waals surface area (Å²) < 4.78 is 13.2. The van der Waals surface area contributed by atoms with Crippen LogP contribution in [0.3, 0.4) is 0 Å². The van der Waals surface area contributed by atoms with Crippen LogP contribution in [0.4, 0.5) is 0 Å². The van der Waals surface area contributed by atoms with Crippen LogP contribution in [0, 0.1) is 0 Å². The summed E-state index contributed by atoms with van der Waals surface area (Å²) in [6.07, 6.45) is 2.21. The van der Waals surface area contributed by atoms with Crippen LogP contribution in [-0.2, 0) is 16.6 Å². The number of benzene rings is 1. The lowest BCUT2D eigenvalue weighted by molar-refractivity contribution is -0.119. The number of para-hydroxylation sites is 1. The maximum absolute atomic E-state index is 11.9. The highest BCUT2D eigenvalue weighted by Gasteiger charge is 2.18. The van der Waals surface area contributed by atoms with Gasteiger partial charge in [0.05, 0.1) is 11.9 Å². The summed E-state index contributed by atoms with van der Waals surface area (Å²) >= 11 is 1.24. The summed E-state index contributed by atoms with van der Waals surface area (Å²) in [6, 6.07) is 10.1. The molecule has 1 saturated heterocycles. The first kappa shape index (κ1) is 17.1. The van der Waals surface area contributed by atoms with Gasteiger partial charge in [0.15, 0.2) is 0 Å². The number of ether oxygens (including phenoxy) is 1. The minimum absolute atomic E-state index is 0.0603. The van der Waals surface area contributed by atoms with Gasteiger partial charge in [-0.15, -0.1) is 10.2 Å². The number of hydrogen-bond donors (Lipinski definition) is 1. The number of carbonyl (C=O) groups excluding carboxylic acids is 1. The number of amides is 1. The largest absolute Gasteiger partial charge is 0.410 e. The van der Waals surface area contributed by atoms with Gasteiger partial charge in [0.2, 0.25) is 5.91 Å². The number of nitrogens with one attached hydrogen (secondary N) is 1. The molecule has 1 atom stereocenters. The molecule has 3 heterocycles. The first-order valence-corrected chi connectivity index (χ1v) is 9.59. The molecule has 1 aromatic carbocycles. The van der Waals surface area contributed by atoms with E-state index in [1.165, 1.54) is 11.8 Å². The smallest absolute Gasteiger partial charge is 0.277 e. The van der Waals surface area contributed by atoms with Gasteiger partial charge in [0, 0.05) is 31.1 Å². The predicted octanol–water partition coefficient (Wildman–Crippen LogP) is 2.62. The van der Waals surface area contributed by atoms with Crippen molar-refractivity contribution >= 4 is 28.6 Å². The van der Waals surface area contributed by atoms with Crippen molar-refractivity contribution in [3.05, 3.63) is 30.3 Å². The molecule has 0 bridgehead atoms. The van der Waals surface area contributed by atoms with Crippen molar-refractivity contribution in [1.29, 1.82) is 0 Å². The maximum Gasteiger partial charge on any atom is 0.277 e. The fraction of sp³-hybridized carbons (Fsp3) is 0.389. The number of aryl methyl sites for hydroxylation is 1. The zero-order valence-corrected chi connectivity index (χ0v) is 15.3. The lowest BCUT2D eigenvalue weighted by Gasteiger charge is -2.09. The van der Waals surface area contributed by atoms with E-state index < -0.39 is 0 Å². The van der Waals surface area contributed by atoms with Crippen LogP contribution in [0.25, 0.3) is 22.5 Å². The predicted molar refractivity (Wildman–Crippen MR) is 98.9 cm³/mol. The molecule has 1 fully saturated rings. The SMILES string of the molecule is Cn1c(-c2nnc(SCC(=O)NC[C@@H]3CCCO3)o2)cc2ccccc21. The zero-order valence-electron chi connectivity index (χ0n) is 14.5. The molecular weight excluding hydrogens is 352 g/mol. The molecule has 1 N–H and O–H groups in total. The highest BCUT2D eigenvalue weighted by Crippen LogP contribution is 2.28. The van der Waals surface area contributed by atoms with E-state index in [0.29, 0.717) is 17.7 Å². The van der Waals surface area contributed by atoms with E-state index in [1.54, 1.807) is 0 Å². The Kier molecular flexibility index (Phi) is 4.94. The van der Waals surface area contributed by atoms with Crippen molar-refractivity contribution < 1.29 is 13.9 Å². The zero-order chi connectivity index (χ0) is 17.9. The molecule has 0 aliphatic carbocycles. The van der Waals surface area contributed by atoms with E-state index in [0.717, 1.165) is 36.0 Å². The summed E-state index contributed by atoms with van der Waals surface area (Å²) in [4.78, 5) is 11.9. The van der Waals surface area contributed by atoms with E-state index in [2.05, 4.69) is 15.5 Å². The van der Waals surface area contributed by atoms with Crippen molar-refractivity contribution in [2.24, 2.45) is 7.05 Å². The summed E-state index contributed by atoms with van der Waals surface area (Å²) in [5, 5.41) is 12.5. The summed E-state index contributed by atoms with van der Waals surface area (Å²) in [5.74, 6) is 0.629. The lowest BCUT2D eigenvalue weighted by atomic mass is 10.2. The molecular formula is C18H20N4O3S. The average Bonchev–Trinajstić information content (AvgIpc) is 3.39. The van der Waals surface area contributed by atoms with Gasteiger partial charge < -0.3 is 19.0 Å². The van der Waals surface area contributed by atoms with Crippen LogP contribution in [-0.4, -0.2) is 45.7 Å². The first-order chi connectivity index (χ1) is 12.7. The van der Waals surface area contributed by atoms with E-state index >= 15 is 0 Å². The van der Waals surface area contributed by atoms with E-state index in [4.69, 9.17) is 9.15 Å². The van der Waals surface area contributed by atoms with Crippen molar-refractivity contribution in [3.8, 4) is 11.6 Å². The van der Waals surface area contributed by atoms with Gasteiger partial charge in [0.1, 0.15) is 5.69 Å². The third-order valence-electron chi connectivity index (χ3n) is 4.45. The summed E-state index contributed by atoms with van der Waals surface area (Å²) in [7, 11) is 1.97.